The normalized spacial score (nSPS) is 15.3. The number of halogens is 2. The molecule has 2 aromatic carbocycles. The number of rotatable bonds is 6. The molecule has 3 rings (SSSR count). The molecule has 0 radical (unpaired) electrons. The maximum absolute atomic E-state index is 13.1. The van der Waals surface area contributed by atoms with E-state index in [4.69, 9.17) is 32.7 Å². The summed E-state index contributed by atoms with van der Waals surface area (Å²) in [5, 5.41) is 2.83. The molecule has 0 spiro atoms. The van der Waals surface area contributed by atoms with Crippen molar-refractivity contribution < 1.29 is 23.9 Å². The van der Waals surface area contributed by atoms with Crippen LogP contribution in [0.3, 0.4) is 0 Å². The van der Waals surface area contributed by atoms with Gasteiger partial charge < -0.3 is 9.47 Å². The first-order valence-corrected chi connectivity index (χ1v) is 10.3. The van der Waals surface area contributed by atoms with E-state index in [1.807, 2.05) is 13.8 Å². The molecule has 162 valence electrons. The highest BCUT2D eigenvalue weighted by Crippen LogP contribution is 2.37. The Kier molecular flexibility index (Phi) is 6.87. The van der Waals surface area contributed by atoms with Crippen molar-refractivity contribution in [2.45, 2.75) is 20.8 Å². The first-order valence-electron chi connectivity index (χ1n) is 9.53. The summed E-state index contributed by atoms with van der Waals surface area (Å²) < 4.78 is 11.1. The van der Waals surface area contributed by atoms with Gasteiger partial charge in [0.2, 0.25) is 0 Å². The molecular formula is C22H20Cl2N2O5. The number of amides is 4. The number of nitrogens with one attached hydrogen (secondary N) is 1. The minimum absolute atomic E-state index is 0.237. The van der Waals surface area contributed by atoms with Crippen molar-refractivity contribution >= 4 is 52.8 Å². The van der Waals surface area contributed by atoms with Gasteiger partial charge >= 0.3 is 6.03 Å². The maximum atomic E-state index is 13.1. The summed E-state index contributed by atoms with van der Waals surface area (Å²) in [5.74, 6) is -0.839. The summed E-state index contributed by atoms with van der Waals surface area (Å²) >= 11 is 12.5. The van der Waals surface area contributed by atoms with Gasteiger partial charge in [0.05, 0.1) is 23.9 Å². The van der Waals surface area contributed by atoms with E-state index >= 15 is 0 Å². The van der Waals surface area contributed by atoms with Gasteiger partial charge in [0.25, 0.3) is 11.8 Å². The lowest BCUT2D eigenvalue weighted by Gasteiger charge is -2.26. The summed E-state index contributed by atoms with van der Waals surface area (Å²) in [6.07, 6.45) is 1.34. The molecular weight excluding hydrogens is 443 g/mol. The molecule has 4 amide bonds. The number of anilines is 1. The third kappa shape index (κ3) is 4.68. The molecule has 0 unspecified atom stereocenters. The Morgan fingerprint density at radius 2 is 1.71 bits per heavy atom. The van der Waals surface area contributed by atoms with E-state index in [0.29, 0.717) is 35.3 Å². The number of hydrogen-bond acceptors (Lipinski definition) is 5. The lowest BCUT2D eigenvalue weighted by Crippen LogP contribution is -2.54. The third-order valence-corrected chi connectivity index (χ3v) is 5.13. The zero-order chi connectivity index (χ0) is 22.7. The van der Waals surface area contributed by atoms with Crippen LogP contribution in [0.5, 0.6) is 11.5 Å². The van der Waals surface area contributed by atoms with Gasteiger partial charge in [0, 0.05) is 5.02 Å². The summed E-state index contributed by atoms with van der Waals surface area (Å²) in [4.78, 5) is 38.7. The zero-order valence-electron chi connectivity index (χ0n) is 17.1. The number of hydrogen-bond donors (Lipinski definition) is 1. The molecule has 1 N–H and O–H groups in total. The number of urea groups is 1. The average molecular weight is 463 g/mol. The van der Waals surface area contributed by atoms with E-state index in [9.17, 15) is 14.4 Å². The van der Waals surface area contributed by atoms with E-state index < -0.39 is 17.8 Å². The molecule has 0 aliphatic carbocycles. The van der Waals surface area contributed by atoms with Crippen LogP contribution in [0, 0.1) is 6.92 Å². The van der Waals surface area contributed by atoms with Crippen LogP contribution in [-0.2, 0) is 9.59 Å². The Bertz CT molecular complexity index is 1100. The molecule has 2 aromatic rings. The number of ether oxygens (including phenoxy) is 2. The molecule has 1 saturated heterocycles. The standard InChI is InChI=1S/C22H20Cl2N2O5/c1-4-30-18-10-13(9-17(24)19(18)31-5-2)8-15-20(27)25-22(29)26(21(15)28)14-7-6-12(3)16(23)11-14/h6-11H,4-5H2,1-3H3,(H,25,27,29)/b15-8-. The van der Waals surface area contributed by atoms with Crippen LogP contribution >= 0.6 is 23.2 Å². The van der Waals surface area contributed by atoms with Gasteiger partial charge in [-0.3, -0.25) is 14.9 Å². The molecule has 0 bridgehead atoms. The van der Waals surface area contributed by atoms with Crippen molar-refractivity contribution in [3.8, 4) is 11.5 Å². The van der Waals surface area contributed by atoms with Crippen LogP contribution in [0.25, 0.3) is 6.08 Å². The van der Waals surface area contributed by atoms with Crippen LogP contribution in [0.2, 0.25) is 10.0 Å². The minimum Gasteiger partial charge on any atom is -0.490 e. The smallest absolute Gasteiger partial charge is 0.335 e. The van der Waals surface area contributed by atoms with Gasteiger partial charge in [-0.2, -0.15) is 0 Å². The lowest BCUT2D eigenvalue weighted by molar-refractivity contribution is -0.122. The SMILES string of the molecule is CCOc1cc(/C=C2/C(=O)NC(=O)N(c3ccc(C)c(Cl)c3)C2=O)cc(Cl)c1OCC. The highest BCUT2D eigenvalue weighted by molar-refractivity contribution is 6.39. The van der Waals surface area contributed by atoms with Gasteiger partial charge in [0.15, 0.2) is 11.5 Å². The van der Waals surface area contributed by atoms with Crippen molar-refractivity contribution in [1.29, 1.82) is 0 Å². The Hall–Kier alpha value is -3.03. The van der Waals surface area contributed by atoms with Gasteiger partial charge in [-0.1, -0.05) is 29.3 Å². The van der Waals surface area contributed by atoms with Crippen molar-refractivity contribution in [1.82, 2.24) is 5.32 Å². The molecule has 1 aliphatic heterocycles. The van der Waals surface area contributed by atoms with E-state index in [0.717, 1.165) is 10.5 Å². The molecule has 1 heterocycles. The van der Waals surface area contributed by atoms with Gasteiger partial charge in [-0.25, -0.2) is 9.69 Å². The van der Waals surface area contributed by atoms with E-state index in [-0.39, 0.29) is 16.3 Å². The largest absolute Gasteiger partial charge is 0.490 e. The fourth-order valence-electron chi connectivity index (χ4n) is 3.00. The number of barbiturate groups is 1. The molecule has 0 aromatic heterocycles. The van der Waals surface area contributed by atoms with E-state index in [2.05, 4.69) is 5.32 Å². The Morgan fingerprint density at radius 1 is 1.00 bits per heavy atom. The second-order valence-corrected chi connectivity index (χ2v) is 7.40. The summed E-state index contributed by atoms with van der Waals surface area (Å²) in [7, 11) is 0. The lowest BCUT2D eigenvalue weighted by atomic mass is 10.1. The molecule has 7 nitrogen and oxygen atoms in total. The quantitative estimate of drug-likeness (QED) is 0.493. The monoisotopic (exact) mass is 462 g/mol. The van der Waals surface area contributed by atoms with E-state index in [1.54, 1.807) is 31.2 Å². The predicted octanol–water partition coefficient (Wildman–Crippen LogP) is 4.77. The van der Waals surface area contributed by atoms with Crippen LogP contribution in [0.4, 0.5) is 10.5 Å². The Morgan fingerprint density at radius 3 is 2.35 bits per heavy atom. The molecule has 9 heteroatoms. The number of carbonyl (C=O) groups excluding carboxylic acids is 3. The van der Waals surface area contributed by atoms with Gasteiger partial charge in [0.1, 0.15) is 5.57 Å². The maximum Gasteiger partial charge on any atom is 0.335 e. The molecule has 1 fully saturated rings. The molecule has 31 heavy (non-hydrogen) atoms. The summed E-state index contributed by atoms with van der Waals surface area (Å²) in [6, 6.07) is 7.05. The fraction of sp³-hybridized carbons (Fsp3) is 0.227. The number of nitrogens with zero attached hydrogens (tertiary/aromatic N) is 1. The zero-order valence-corrected chi connectivity index (χ0v) is 18.6. The molecule has 0 atom stereocenters. The van der Waals surface area contributed by atoms with Crippen LogP contribution in [0.15, 0.2) is 35.9 Å². The highest BCUT2D eigenvalue weighted by atomic mass is 35.5. The minimum atomic E-state index is -0.855. The third-order valence-electron chi connectivity index (χ3n) is 4.45. The fourth-order valence-corrected chi connectivity index (χ4v) is 3.45. The van der Waals surface area contributed by atoms with E-state index in [1.165, 1.54) is 12.1 Å². The average Bonchev–Trinajstić information content (AvgIpc) is 2.70. The van der Waals surface area contributed by atoms with Crippen molar-refractivity contribution in [3.05, 3.63) is 57.1 Å². The van der Waals surface area contributed by atoms with Gasteiger partial charge in [-0.05, 0) is 62.2 Å². The van der Waals surface area contributed by atoms with Crippen molar-refractivity contribution in [2.75, 3.05) is 18.1 Å². The summed E-state index contributed by atoms with van der Waals surface area (Å²) in [6.45, 7) is 6.17. The Balaban J connectivity index is 2.04. The first kappa shape index (κ1) is 22.7. The highest BCUT2D eigenvalue weighted by Gasteiger charge is 2.37. The molecule has 0 saturated carbocycles. The van der Waals surface area contributed by atoms with Crippen LogP contribution in [-0.4, -0.2) is 31.1 Å². The first-order chi connectivity index (χ1) is 14.8. The number of benzene rings is 2. The van der Waals surface area contributed by atoms with Gasteiger partial charge in [-0.15, -0.1) is 0 Å². The molecule has 1 aliphatic rings. The van der Waals surface area contributed by atoms with Crippen LogP contribution < -0.4 is 19.7 Å². The number of aryl methyl sites for hydroxylation is 1. The summed E-state index contributed by atoms with van der Waals surface area (Å²) in [5.41, 5.74) is 1.23. The topological polar surface area (TPSA) is 84.9 Å². The second kappa shape index (κ2) is 9.41. The number of carbonyl (C=O) groups is 3. The Labute approximate surface area is 189 Å². The number of imide groups is 2. The van der Waals surface area contributed by atoms with Crippen molar-refractivity contribution in [2.24, 2.45) is 0 Å². The van der Waals surface area contributed by atoms with Crippen molar-refractivity contribution in [3.63, 3.8) is 0 Å². The van der Waals surface area contributed by atoms with Crippen LogP contribution in [0.1, 0.15) is 25.0 Å². The predicted molar refractivity (Wildman–Crippen MR) is 119 cm³/mol. The second-order valence-electron chi connectivity index (χ2n) is 6.59.